The van der Waals surface area contributed by atoms with Crippen molar-refractivity contribution in [1.29, 1.82) is 0 Å². The number of hydrogen-bond acceptors (Lipinski definition) is 1. The molecule has 1 radical (unpaired) electrons. The van der Waals surface area contributed by atoms with Crippen LogP contribution in [0.4, 0.5) is 0 Å². The topological polar surface area (TPSA) is 9.23 Å². The van der Waals surface area contributed by atoms with Crippen molar-refractivity contribution < 1.29 is 4.74 Å². The predicted molar refractivity (Wildman–Crippen MR) is 28.4 cm³/mol. The fraction of sp³-hybridized carbons (Fsp3) is 0.500. The molecule has 1 aliphatic rings. The van der Waals surface area contributed by atoms with Gasteiger partial charge in [-0.1, -0.05) is 6.92 Å². The molecule has 1 rings (SSSR count). The van der Waals surface area contributed by atoms with Gasteiger partial charge in [0.1, 0.15) is 0 Å². The van der Waals surface area contributed by atoms with Crippen LogP contribution in [0.25, 0.3) is 0 Å². The molecule has 1 nitrogen and oxygen atoms in total. The zero-order chi connectivity index (χ0) is 5.11. The Labute approximate surface area is 44.0 Å². The van der Waals surface area contributed by atoms with Gasteiger partial charge in [-0.05, 0) is 12.5 Å². The van der Waals surface area contributed by atoms with Gasteiger partial charge in [0.05, 0.1) is 6.26 Å². The largest absolute Gasteiger partial charge is 0.491 e. The Balaban J connectivity index is 2.22. The summed E-state index contributed by atoms with van der Waals surface area (Å²) >= 11 is 0. The van der Waals surface area contributed by atoms with Crippen LogP contribution in [0.5, 0.6) is 0 Å². The highest BCUT2D eigenvalue weighted by atomic mass is 16.5. The Hall–Kier alpha value is -0.460. The van der Waals surface area contributed by atoms with Crippen LogP contribution in [-0.2, 0) is 4.74 Å². The Morgan fingerprint density at radius 1 is 1.86 bits per heavy atom. The van der Waals surface area contributed by atoms with E-state index in [1.807, 2.05) is 6.08 Å². The standard InChI is InChI=1S/C6H9O/c1-2-6-4-3-5-7-6/h3,5H,2,4H2,1H3. The summed E-state index contributed by atoms with van der Waals surface area (Å²) in [7, 11) is 0. The lowest BCUT2D eigenvalue weighted by Gasteiger charge is -2.01. The van der Waals surface area contributed by atoms with Crippen LogP contribution in [0, 0.1) is 6.10 Å². The van der Waals surface area contributed by atoms with Gasteiger partial charge >= 0.3 is 0 Å². The first-order chi connectivity index (χ1) is 3.43. The van der Waals surface area contributed by atoms with Crippen LogP contribution in [0.3, 0.4) is 0 Å². The van der Waals surface area contributed by atoms with Crippen molar-refractivity contribution in [1.82, 2.24) is 0 Å². The van der Waals surface area contributed by atoms with E-state index in [2.05, 4.69) is 6.92 Å². The van der Waals surface area contributed by atoms with E-state index in [1.165, 1.54) is 6.10 Å². The molecule has 0 aliphatic carbocycles. The lowest BCUT2D eigenvalue weighted by atomic mass is 10.2. The maximum absolute atomic E-state index is 5.04. The number of rotatable bonds is 1. The molecule has 0 saturated heterocycles. The molecule has 39 valence electrons. The summed E-state index contributed by atoms with van der Waals surface area (Å²) in [6.45, 7) is 2.10. The first-order valence-corrected chi connectivity index (χ1v) is 2.60. The Bertz CT molecular complexity index is 68.2. The van der Waals surface area contributed by atoms with E-state index in [-0.39, 0.29) is 0 Å². The second kappa shape index (κ2) is 2.01. The third-order valence-corrected chi connectivity index (χ3v) is 1.07. The molecule has 0 spiro atoms. The van der Waals surface area contributed by atoms with Gasteiger partial charge in [-0.15, -0.1) is 0 Å². The van der Waals surface area contributed by atoms with Crippen LogP contribution in [0.2, 0.25) is 0 Å². The van der Waals surface area contributed by atoms with Gasteiger partial charge in [0.2, 0.25) is 0 Å². The maximum atomic E-state index is 5.04. The summed E-state index contributed by atoms with van der Waals surface area (Å²) in [5.41, 5.74) is 0. The quantitative estimate of drug-likeness (QED) is 0.485. The van der Waals surface area contributed by atoms with Crippen molar-refractivity contribution in [3.63, 3.8) is 0 Å². The van der Waals surface area contributed by atoms with Crippen molar-refractivity contribution in [3.05, 3.63) is 18.4 Å². The van der Waals surface area contributed by atoms with Gasteiger partial charge in [0.25, 0.3) is 0 Å². The third kappa shape index (κ3) is 0.952. The summed E-state index contributed by atoms with van der Waals surface area (Å²) in [5, 5.41) is 0. The smallest absolute Gasteiger partial charge is 0.151 e. The van der Waals surface area contributed by atoms with E-state index >= 15 is 0 Å². The summed E-state index contributed by atoms with van der Waals surface area (Å²) in [4.78, 5) is 0. The molecule has 0 bridgehead atoms. The average molecular weight is 97.1 g/mol. The Kier molecular flexibility index (Phi) is 1.35. The predicted octanol–water partition coefficient (Wildman–Crippen LogP) is 1.86. The highest BCUT2D eigenvalue weighted by molar-refractivity contribution is 4.96. The van der Waals surface area contributed by atoms with E-state index in [9.17, 15) is 0 Å². The van der Waals surface area contributed by atoms with Gasteiger partial charge in [0.15, 0.2) is 6.10 Å². The molecular formula is C6H9O. The van der Waals surface area contributed by atoms with Crippen LogP contribution in [-0.4, -0.2) is 0 Å². The fourth-order valence-electron chi connectivity index (χ4n) is 0.600. The van der Waals surface area contributed by atoms with Crippen molar-refractivity contribution in [3.8, 4) is 0 Å². The van der Waals surface area contributed by atoms with Crippen LogP contribution in [0.1, 0.15) is 19.8 Å². The van der Waals surface area contributed by atoms with Crippen molar-refractivity contribution in [2.75, 3.05) is 0 Å². The molecule has 0 aromatic carbocycles. The fourth-order valence-corrected chi connectivity index (χ4v) is 0.600. The Morgan fingerprint density at radius 3 is 3.00 bits per heavy atom. The van der Waals surface area contributed by atoms with Gasteiger partial charge < -0.3 is 4.74 Å². The van der Waals surface area contributed by atoms with E-state index in [4.69, 9.17) is 4.74 Å². The SMILES string of the molecule is CC[C]1CC=CO1. The first-order valence-electron chi connectivity index (χ1n) is 2.60. The molecule has 0 fully saturated rings. The van der Waals surface area contributed by atoms with Crippen LogP contribution < -0.4 is 0 Å². The molecule has 7 heavy (non-hydrogen) atoms. The highest BCUT2D eigenvalue weighted by Gasteiger charge is 2.07. The zero-order valence-electron chi connectivity index (χ0n) is 4.48. The van der Waals surface area contributed by atoms with Gasteiger partial charge in [-0.25, -0.2) is 0 Å². The number of ether oxygens (including phenoxy) is 1. The van der Waals surface area contributed by atoms with E-state index in [0.29, 0.717) is 0 Å². The molecule has 1 heterocycles. The number of hydrogen-bond donors (Lipinski definition) is 0. The monoisotopic (exact) mass is 97.1 g/mol. The van der Waals surface area contributed by atoms with Crippen molar-refractivity contribution in [2.24, 2.45) is 0 Å². The lowest BCUT2D eigenvalue weighted by Crippen LogP contribution is -1.87. The van der Waals surface area contributed by atoms with Gasteiger partial charge in [0, 0.05) is 6.42 Å². The van der Waals surface area contributed by atoms with Crippen LogP contribution >= 0.6 is 0 Å². The molecule has 0 saturated carbocycles. The lowest BCUT2D eigenvalue weighted by molar-refractivity contribution is 0.269. The zero-order valence-corrected chi connectivity index (χ0v) is 4.48. The molecule has 0 aromatic rings. The summed E-state index contributed by atoms with van der Waals surface area (Å²) in [6.07, 6.45) is 7.03. The highest BCUT2D eigenvalue weighted by Crippen LogP contribution is 2.18. The molecule has 0 N–H and O–H groups in total. The minimum Gasteiger partial charge on any atom is -0.491 e. The average Bonchev–Trinajstić information content (AvgIpc) is 2.14. The van der Waals surface area contributed by atoms with E-state index in [0.717, 1.165) is 12.8 Å². The van der Waals surface area contributed by atoms with Crippen LogP contribution in [0.15, 0.2) is 12.3 Å². The molecule has 0 aromatic heterocycles. The van der Waals surface area contributed by atoms with Crippen molar-refractivity contribution in [2.45, 2.75) is 19.8 Å². The molecule has 0 unspecified atom stereocenters. The molecule has 0 atom stereocenters. The Morgan fingerprint density at radius 2 is 2.71 bits per heavy atom. The van der Waals surface area contributed by atoms with Gasteiger partial charge in [-0.3, -0.25) is 0 Å². The maximum Gasteiger partial charge on any atom is 0.151 e. The van der Waals surface area contributed by atoms with Gasteiger partial charge in [-0.2, -0.15) is 0 Å². The minimum atomic E-state index is 1.02. The van der Waals surface area contributed by atoms with Crippen molar-refractivity contribution >= 4 is 0 Å². The summed E-state index contributed by atoms with van der Waals surface area (Å²) < 4.78 is 5.04. The molecule has 1 heteroatoms. The van der Waals surface area contributed by atoms with E-state index < -0.39 is 0 Å². The normalized spacial score (nSPS) is 20.1. The first kappa shape index (κ1) is 4.69. The summed E-state index contributed by atoms with van der Waals surface area (Å²) in [6, 6.07) is 0. The third-order valence-electron chi connectivity index (χ3n) is 1.07. The molecule has 0 amide bonds. The molecule has 1 aliphatic heterocycles. The second-order valence-corrected chi connectivity index (χ2v) is 1.59. The second-order valence-electron chi connectivity index (χ2n) is 1.59. The summed E-state index contributed by atoms with van der Waals surface area (Å²) in [5.74, 6) is 0. The minimum absolute atomic E-state index is 1.02. The molecular weight excluding hydrogens is 88.1 g/mol. The van der Waals surface area contributed by atoms with E-state index in [1.54, 1.807) is 6.26 Å².